The van der Waals surface area contributed by atoms with Crippen molar-refractivity contribution in [3.8, 4) is 11.4 Å². The molecule has 0 aliphatic carbocycles. The number of carbonyl (C=O) groups is 1. The van der Waals surface area contributed by atoms with Gasteiger partial charge in [-0.2, -0.15) is 13.2 Å². The first-order valence-electron chi connectivity index (χ1n) is 7.28. The van der Waals surface area contributed by atoms with Gasteiger partial charge >= 0.3 is 6.18 Å². The van der Waals surface area contributed by atoms with Crippen molar-refractivity contribution in [2.24, 2.45) is 0 Å². The molecule has 1 amide bonds. The van der Waals surface area contributed by atoms with E-state index in [-0.39, 0.29) is 16.3 Å². The molecular formula is C15H11F3N6OS2. The third-order valence-electron chi connectivity index (χ3n) is 3.12. The van der Waals surface area contributed by atoms with Crippen LogP contribution in [0.5, 0.6) is 0 Å². The van der Waals surface area contributed by atoms with Crippen molar-refractivity contribution in [3.05, 3.63) is 47.7 Å². The number of carbonyl (C=O) groups excluding carboxylic acids is 1. The summed E-state index contributed by atoms with van der Waals surface area (Å²) < 4.78 is 39.9. The fraction of sp³-hybridized carbons (Fsp3) is 0.0667. The molecule has 0 radical (unpaired) electrons. The highest BCUT2D eigenvalue weighted by atomic mass is 32.1. The van der Waals surface area contributed by atoms with E-state index in [1.165, 1.54) is 40.7 Å². The average Bonchev–Trinajstić information content (AvgIpc) is 3.28. The van der Waals surface area contributed by atoms with Gasteiger partial charge in [0.2, 0.25) is 5.13 Å². The molecule has 0 bridgehead atoms. The van der Waals surface area contributed by atoms with Gasteiger partial charge in [0.1, 0.15) is 6.33 Å². The zero-order chi connectivity index (χ0) is 19.4. The highest BCUT2D eigenvalue weighted by molar-refractivity contribution is 7.80. The molecule has 3 rings (SSSR count). The van der Waals surface area contributed by atoms with Crippen molar-refractivity contribution >= 4 is 41.2 Å². The van der Waals surface area contributed by atoms with Crippen LogP contribution in [0.1, 0.15) is 5.56 Å². The summed E-state index contributed by atoms with van der Waals surface area (Å²) in [6, 6.07) is 3.28. The number of halogens is 3. The second kappa shape index (κ2) is 7.80. The Bertz CT molecular complexity index is 968. The van der Waals surface area contributed by atoms with Crippen LogP contribution in [0.15, 0.2) is 47.1 Å². The van der Waals surface area contributed by atoms with E-state index in [1.807, 2.05) is 0 Å². The minimum absolute atomic E-state index is 0.0716. The van der Waals surface area contributed by atoms with Gasteiger partial charge in [-0.1, -0.05) is 0 Å². The van der Waals surface area contributed by atoms with E-state index in [4.69, 9.17) is 0 Å². The summed E-state index contributed by atoms with van der Waals surface area (Å²) in [6.07, 6.45) is 0.833. The lowest BCUT2D eigenvalue weighted by atomic mass is 10.1. The van der Waals surface area contributed by atoms with Crippen molar-refractivity contribution in [2.75, 3.05) is 5.43 Å². The zero-order valence-electron chi connectivity index (χ0n) is 13.3. The van der Waals surface area contributed by atoms with E-state index in [2.05, 4.69) is 38.5 Å². The van der Waals surface area contributed by atoms with E-state index >= 15 is 0 Å². The highest BCUT2D eigenvalue weighted by Gasteiger charge is 2.31. The number of anilines is 1. The van der Waals surface area contributed by atoms with E-state index in [0.717, 1.165) is 12.1 Å². The average molecular weight is 412 g/mol. The summed E-state index contributed by atoms with van der Waals surface area (Å²) in [5, 5.41) is 6.30. The van der Waals surface area contributed by atoms with Gasteiger partial charge in [0.05, 0.1) is 5.56 Å². The lowest BCUT2D eigenvalue weighted by Crippen LogP contribution is -2.27. The number of hydrogen-bond donors (Lipinski definition) is 3. The van der Waals surface area contributed by atoms with Crippen LogP contribution in [0.2, 0.25) is 0 Å². The Labute approximate surface area is 160 Å². The lowest BCUT2D eigenvalue weighted by molar-refractivity contribution is -0.137. The molecule has 0 aliphatic rings. The molecule has 0 atom stereocenters. The fourth-order valence-electron chi connectivity index (χ4n) is 1.97. The molecule has 0 saturated carbocycles. The van der Waals surface area contributed by atoms with Crippen LogP contribution in [-0.4, -0.2) is 25.7 Å². The molecule has 140 valence electrons. The first-order valence-corrected chi connectivity index (χ1v) is 8.60. The van der Waals surface area contributed by atoms with Crippen LogP contribution in [0.25, 0.3) is 17.6 Å². The first-order chi connectivity index (χ1) is 12.8. The minimum Gasteiger partial charge on any atom is -0.273 e. The maximum atomic E-state index is 12.9. The molecule has 0 fully saturated rings. The number of alkyl halides is 3. The van der Waals surface area contributed by atoms with Gasteiger partial charge in [0.15, 0.2) is 5.82 Å². The fourth-order valence-corrected chi connectivity index (χ4v) is 2.73. The van der Waals surface area contributed by atoms with E-state index < -0.39 is 17.6 Å². The Balaban J connectivity index is 1.69. The van der Waals surface area contributed by atoms with Gasteiger partial charge in [-0.15, -0.1) is 29.1 Å². The van der Waals surface area contributed by atoms with Gasteiger partial charge in [0, 0.05) is 34.3 Å². The van der Waals surface area contributed by atoms with E-state index in [1.54, 1.807) is 11.6 Å². The quantitative estimate of drug-likeness (QED) is 0.340. The second-order valence-electron chi connectivity index (χ2n) is 5.08. The molecule has 0 saturated heterocycles. The van der Waals surface area contributed by atoms with Crippen molar-refractivity contribution in [1.29, 1.82) is 0 Å². The van der Waals surface area contributed by atoms with Crippen LogP contribution < -0.4 is 10.9 Å². The molecule has 7 nitrogen and oxygen atoms in total. The molecule has 3 aromatic rings. The molecule has 2 heterocycles. The number of hydrazine groups is 1. The number of benzene rings is 1. The molecular weight excluding hydrogens is 401 g/mol. The highest BCUT2D eigenvalue weighted by Crippen LogP contribution is 2.33. The molecule has 27 heavy (non-hydrogen) atoms. The number of nitrogens with zero attached hydrogens (tertiary/aromatic N) is 4. The van der Waals surface area contributed by atoms with Gasteiger partial charge in [-0.05, 0) is 18.2 Å². The second-order valence-corrected chi connectivity index (χ2v) is 6.49. The van der Waals surface area contributed by atoms with Crippen molar-refractivity contribution in [3.63, 3.8) is 0 Å². The summed E-state index contributed by atoms with van der Waals surface area (Å²) in [5.74, 6) is -0.402. The van der Waals surface area contributed by atoms with Crippen molar-refractivity contribution < 1.29 is 18.0 Å². The van der Waals surface area contributed by atoms with Crippen molar-refractivity contribution in [1.82, 2.24) is 25.2 Å². The van der Waals surface area contributed by atoms with Crippen LogP contribution >= 0.6 is 24.0 Å². The van der Waals surface area contributed by atoms with Gasteiger partial charge in [-0.3, -0.25) is 15.6 Å². The van der Waals surface area contributed by atoms with Crippen molar-refractivity contribution in [2.45, 2.75) is 11.1 Å². The summed E-state index contributed by atoms with van der Waals surface area (Å²) in [5.41, 5.74) is 4.34. The standard InChI is InChI=1S/C15H11F3N6OS2/c16-15(17,18)10-5-9(6-11(26)7-10)13-20-8-24(23-13)3-1-12(25)21-22-14-19-2-4-27-14/h1-8,26H,(H,19,22)(H,21,25)/b3-1-. The third-order valence-corrected chi connectivity index (χ3v) is 4.06. The zero-order valence-corrected chi connectivity index (χ0v) is 15.0. The minimum atomic E-state index is -4.50. The van der Waals surface area contributed by atoms with Gasteiger partial charge < -0.3 is 0 Å². The summed E-state index contributed by atoms with van der Waals surface area (Å²) >= 11 is 5.30. The topological polar surface area (TPSA) is 84.7 Å². The first kappa shape index (κ1) is 18.9. The summed E-state index contributed by atoms with van der Waals surface area (Å²) in [7, 11) is 0. The Morgan fingerprint density at radius 3 is 2.78 bits per heavy atom. The van der Waals surface area contributed by atoms with Crippen LogP contribution in [0, 0.1) is 0 Å². The number of amides is 1. The molecule has 12 heteroatoms. The molecule has 1 aromatic carbocycles. The Kier molecular flexibility index (Phi) is 5.46. The normalized spacial score (nSPS) is 11.7. The molecule has 2 N–H and O–H groups in total. The molecule has 0 aliphatic heterocycles. The van der Waals surface area contributed by atoms with Crippen LogP contribution in [0.4, 0.5) is 18.3 Å². The number of hydrogen-bond acceptors (Lipinski definition) is 7. The number of aromatic nitrogens is 4. The number of thiazole rings is 1. The Hall–Kier alpha value is -2.86. The van der Waals surface area contributed by atoms with E-state index in [9.17, 15) is 18.0 Å². The van der Waals surface area contributed by atoms with Crippen LogP contribution in [-0.2, 0) is 11.0 Å². The van der Waals surface area contributed by atoms with E-state index in [0.29, 0.717) is 5.13 Å². The predicted molar refractivity (Wildman–Crippen MR) is 96.9 cm³/mol. The summed E-state index contributed by atoms with van der Waals surface area (Å²) in [6.45, 7) is 0. The smallest absolute Gasteiger partial charge is 0.273 e. The monoisotopic (exact) mass is 412 g/mol. The maximum absolute atomic E-state index is 12.9. The lowest BCUT2D eigenvalue weighted by Gasteiger charge is -2.08. The summed E-state index contributed by atoms with van der Waals surface area (Å²) in [4.78, 5) is 19.7. The van der Waals surface area contributed by atoms with Gasteiger partial charge in [-0.25, -0.2) is 14.6 Å². The maximum Gasteiger partial charge on any atom is 0.416 e. The number of nitrogens with one attached hydrogen (secondary N) is 2. The Morgan fingerprint density at radius 2 is 2.07 bits per heavy atom. The Morgan fingerprint density at radius 1 is 1.26 bits per heavy atom. The SMILES string of the molecule is O=C(/C=C\n1cnc(-c2cc(S)cc(C(F)(F)F)c2)n1)NNc1nccs1. The third kappa shape index (κ3) is 5.08. The largest absolute Gasteiger partial charge is 0.416 e. The molecule has 2 aromatic heterocycles. The van der Waals surface area contributed by atoms with Gasteiger partial charge in [0.25, 0.3) is 5.91 Å². The number of thiol groups is 1. The number of rotatable bonds is 5. The molecule has 0 unspecified atom stereocenters. The predicted octanol–water partition coefficient (Wildman–Crippen LogP) is 3.32. The molecule has 0 spiro atoms. The van der Waals surface area contributed by atoms with Crippen LogP contribution in [0.3, 0.4) is 0 Å².